The van der Waals surface area contributed by atoms with Crippen molar-refractivity contribution >= 4 is 11.9 Å². The van der Waals surface area contributed by atoms with Crippen molar-refractivity contribution in [1.29, 1.82) is 0 Å². The van der Waals surface area contributed by atoms with Gasteiger partial charge in [-0.15, -0.1) is 0 Å². The zero-order valence-electron chi connectivity index (χ0n) is 11.9. The second kappa shape index (κ2) is 6.47. The van der Waals surface area contributed by atoms with Gasteiger partial charge in [0.2, 0.25) is 0 Å². The minimum absolute atomic E-state index is 0.321. The number of rotatable bonds is 5. The summed E-state index contributed by atoms with van der Waals surface area (Å²) in [5, 5.41) is 8.85. The van der Waals surface area contributed by atoms with Crippen LogP contribution in [0.1, 0.15) is 38.7 Å². The van der Waals surface area contributed by atoms with Crippen LogP contribution in [0.3, 0.4) is 0 Å². The first-order chi connectivity index (χ1) is 9.20. The molecule has 0 radical (unpaired) electrons. The molecule has 0 aliphatic carbocycles. The van der Waals surface area contributed by atoms with Gasteiger partial charge < -0.3 is 15.6 Å². The third-order valence-corrected chi connectivity index (χ3v) is 2.54. The highest BCUT2D eigenvalue weighted by molar-refractivity contribution is 5.80. The molecule has 1 aromatic rings. The van der Waals surface area contributed by atoms with Crippen LogP contribution in [0.4, 0.5) is 0 Å². The number of carbonyl (C=O) groups is 2. The van der Waals surface area contributed by atoms with E-state index in [-0.39, 0.29) is 6.42 Å². The van der Waals surface area contributed by atoms with Gasteiger partial charge in [0.25, 0.3) is 0 Å². The normalized spacial score (nSPS) is 14.4. The SMILES string of the molecule is CC(C)(C)OC(=O)C(c1cccnc1)[C@H](N)CC(=O)O. The van der Waals surface area contributed by atoms with Crippen molar-refractivity contribution in [3.05, 3.63) is 30.1 Å². The fourth-order valence-electron chi connectivity index (χ4n) is 1.80. The summed E-state index contributed by atoms with van der Waals surface area (Å²) in [5.74, 6) is -2.45. The molecule has 110 valence electrons. The van der Waals surface area contributed by atoms with Crippen molar-refractivity contribution < 1.29 is 19.4 Å². The van der Waals surface area contributed by atoms with Crippen LogP contribution in [-0.2, 0) is 14.3 Å². The van der Waals surface area contributed by atoms with Gasteiger partial charge >= 0.3 is 11.9 Å². The molecular formula is C14H20N2O4. The van der Waals surface area contributed by atoms with Crippen molar-refractivity contribution in [3.63, 3.8) is 0 Å². The Kier molecular flexibility index (Phi) is 5.21. The Labute approximate surface area is 118 Å². The number of pyridine rings is 1. The molecule has 0 aromatic carbocycles. The molecule has 3 N–H and O–H groups in total. The maximum absolute atomic E-state index is 12.3. The van der Waals surface area contributed by atoms with Crippen molar-refractivity contribution in [2.45, 2.75) is 44.8 Å². The van der Waals surface area contributed by atoms with Crippen LogP contribution in [0.2, 0.25) is 0 Å². The number of ether oxygens (including phenoxy) is 1. The number of aliphatic carboxylic acids is 1. The second-order valence-electron chi connectivity index (χ2n) is 5.56. The number of carboxylic acid groups (broad SMARTS) is 1. The average molecular weight is 280 g/mol. The number of hydrogen-bond donors (Lipinski definition) is 2. The van der Waals surface area contributed by atoms with Crippen molar-refractivity contribution in [1.82, 2.24) is 4.98 Å². The molecule has 1 aromatic heterocycles. The summed E-state index contributed by atoms with van der Waals surface area (Å²) >= 11 is 0. The van der Waals surface area contributed by atoms with E-state index in [0.717, 1.165) is 0 Å². The highest BCUT2D eigenvalue weighted by Crippen LogP contribution is 2.24. The molecule has 6 heteroatoms. The Balaban J connectivity index is 3.02. The lowest BCUT2D eigenvalue weighted by Crippen LogP contribution is -2.39. The Morgan fingerprint density at radius 1 is 1.45 bits per heavy atom. The molecule has 0 amide bonds. The van der Waals surface area contributed by atoms with E-state index in [9.17, 15) is 9.59 Å². The lowest BCUT2D eigenvalue weighted by Gasteiger charge is -2.26. The number of nitrogens with zero attached hydrogens (tertiary/aromatic N) is 1. The zero-order chi connectivity index (χ0) is 15.3. The Morgan fingerprint density at radius 2 is 2.10 bits per heavy atom. The Morgan fingerprint density at radius 3 is 2.55 bits per heavy atom. The second-order valence-corrected chi connectivity index (χ2v) is 5.56. The highest BCUT2D eigenvalue weighted by atomic mass is 16.6. The standard InChI is InChI=1S/C14H20N2O4/c1-14(2,3)20-13(19)12(10(15)7-11(17)18)9-5-4-6-16-8-9/h4-6,8,10,12H,7,15H2,1-3H3,(H,17,18)/t10-,12?/m1/s1. The molecule has 1 heterocycles. The Bertz CT molecular complexity index is 468. The molecule has 20 heavy (non-hydrogen) atoms. The monoisotopic (exact) mass is 280 g/mol. The van der Waals surface area contributed by atoms with Crippen LogP contribution < -0.4 is 5.73 Å². The largest absolute Gasteiger partial charge is 0.481 e. The molecule has 0 saturated heterocycles. The Hall–Kier alpha value is -1.95. The van der Waals surface area contributed by atoms with E-state index in [0.29, 0.717) is 5.56 Å². The van der Waals surface area contributed by atoms with Gasteiger partial charge in [0.05, 0.1) is 12.3 Å². The van der Waals surface area contributed by atoms with Crippen LogP contribution >= 0.6 is 0 Å². The molecule has 0 aliphatic heterocycles. The van der Waals surface area contributed by atoms with Crippen LogP contribution in [-0.4, -0.2) is 33.7 Å². The van der Waals surface area contributed by atoms with Gasteiger partial charge in [-0.2, -0.15) is 0 Å². The summed E-state index contributed by atoms with van der Waals surface area (Å²) in [6.07, 6.45) is 2.74. The number of carboxylic acids is 1. The van der Waals surface area contributed by atoms with Crippen LogP contribution in [0, 0.1) is 0 Å². The predicted octanol–water partition coefficient (Wildman–Crippen LogP) is 1.31. The molecule has 0 saturated carbocycles. The van der Waals surface area contributed by atoms with Crippen molar-refractivity contribution in [2.75, 3.05) is 0 Å². The maximum Gasteiger partial charge on any atom is 0.315 e. The smallest absolute Gasteiger partial charge is 0.315 e. The fraction of sp³-hybridized carbons (Fsp3) is 0.500. The molecule has 0 spiro atoms. The van der Waals surface area contributed by atoms with Crippen LogP contribution in [0.5, 0.6) is 0 Å². The number of hydrogen-bond acceptors (Lipinski definition) is 5. The first kappa shape index (κ1) is 16.1. The van der Waals surface area contributed by atoms with Gasteiger partial charge in [0.1, 0.15) is 5.60 Å². The minimum Gasteiger partial charge on any atom is -0.481 e. The first-order valence-corrected chi connectivity index (χ1v) is 6.31. The quantitative estimate of drug-likeness (QED) is 0.788. The third kappa shape index (κ3) is 4.97. The molecule has 0 bridgehead atoms. The van der Waals surface area contributed by atoms with E-state index >= 15 is 0 Å². The lowest BCUT2D eigenvalue weighted by atomic mass is 9.91. The van der Waals surface area contributed by atoms with E-state index in [1.54, 1.807) is 39.1 Å². The molecular weight excluding hydrogens is 260 g/mol. The summed E-state index contributed by atoms with van der Waals surface area (Å²) < 4.78 is 5.32. The number of carbonyl (C=O) groups excluding carboxylic acids is 1. The molecule has 1 unspecified atom stereocenters. The van der Waals surface area contributed by atoms with Crippen LogP contribution in [0.15, 0.2) is 24.5 Å². The van der Waals surface area contributed by atoms with Gasteiger partial charge in [-0.25, -0.2) is 0 Å². The van der Waals surface area contributed by atoms with Gasteiger partial charge in [0, 0.05) is 18.4 Å². The van der Waals surface area contributed by atoms with E-state index < -0.39 is 29.5 Å². The molecule has 2 atom stereocenters. The van der Waals surface area contributed by atoms with E-state index in [4.69, 9.17) is 15.6 Å². The third-order valence-electron chi connectivity index (χ3n) is 2.54. The van der Waals surface area contributed by atoms with Crippen molar-refractivity contribution in [2.24, 2.45) is 5.73 Å². The number of nitrogens with two attached hydrogens (primary N) is 1. The topological polar surface area (TPSA) is 103 Å². The van der Waals surface area contributed by atoms with Gasteiger partial charge in [0.15, 0.2) is 0 Å². The highest BCUT2D eigenvalue weighted by Gasteiger charge is 2.33. The van der Waals surface area contributed by atoms with Gasteiger partial charge in [-0.1, -0.05) is 6.07 Å². The van der Waals surface area contributed by atoms with Gasteiger partial charge in [-0.3, -0.25) is 14.6 Å². The average Bonchev–Trinajstić information content (AvgIpc) is 2.26. The van der Waals surface area contributed by atoms with Crippen LogP contribution in [0.25, 0.3) is 0 Å². The van der Waals surface area contributed by atoms with E-state index in [1.807, 2.05) is 0 Å². The van der Waals surface area contributed by atoms with Gasteiger partial charge in [-0.05, 0) is 32.4 Å². The number of esters is 1. The molecule has 1 rings (SSSR count). The number of aromatic nitrogens is 1. The molecule has 0 aliphatic rings. The predicted molar refractivity (Wildman–Crippen MR) is 73.1 cm³/mol. The zero-order valence-corrected chi connectivity index (χ0v) is 11.9. The van der Waals surface area contributed by atoms with E-state index in [1.165, 1.54) is 6.20 Å². The minimum atomic E-state index is -1.06. The summed E-state index contributed by atoms with van der Waals surface area (Å²) in [5.41, 5.74) is 5.75. The summed E-state index contributed by atoms with van der Waals surface area (Å²) in [6.45, 7) is 5.23. The summed E-state index contributed by atoms with van der Waals surface area (Å²) in [6, 6.07) is 2.48. The first-order valence-electron chi connectivity index (χ1n) is 6.31. The maximum atomic E-state index is 12.3. The lowest BCUT2D eigenvalue weighted by molar-refractivity contribution is -0.157. The summed E-state index contributed by atoms with van der Waals surface area (Å²) in [7, 11) is 0. The fourth-order valence-corrected chi connectivity index (χ4v) is 1.80. The molecule has 6 nitrogen and oxygen atoms in total. The van der Waals surface area contributed by atoms with Crippen molar-refractivity contribution in [3.8, 4) is 0 Å². The summed E-state index contributed by atoms with van der Waals surface area (Å²) in [4.78, 5) is 27.0. The van der Waals surface area contributed by atoms with E-state index in [2.05, 4.69) is 4.98 Å². The molecule has 0 fully saturated rings.